The van der Waals surface area contributed by atoms with Crippen LogP contribution >= 0.6 is 0 Å². The summed E-state index contributed by atoms with van der Waals surface area (Å²) in [6, 6.07) is 5.35. The molecule has 0 aliphatic heterocycles. The topological polar surface area (TPSA) is 46.2 Å². The summed E-state index contributed by atoms with van der Waals surface area (Å²) in [5, 5.41) is 9.28. The van der Waals surface area contributed by atoms with Gasteiger partial charge in [0.25, 0.3) is 0 Å². The van der Waals surface area contributed by atoms with Crippen molar-refractivity contribution in [1.29, 1.82) is 0 Å². The molecule has 0 heterocycles. The van der Waals surface area contributed by atoms with Crippen LogP contribution in [-0.4, -0.2) is 5.11 Å². The predicted molar refractivity (Wildman–Crippen MR) is 59.2 cm³/mol. The molecule has 2 heteroatoms. The number of hydrogen-bond donors (Lipinski definition) is 2. The fraction of sp³-hybridized carbons (Fsp3) is 0.500. The van der Waals surface area contributed by atoms with Crippen molar-refractivity contribution in [2.45, 2.75) is 33.7 Å². The van der Waals surface area contributed by atoms with E-state index in [9.17, 15) is 5.11 Å². The highest BCUT2D eigenvalue weighted by Gasteiger charge is 2.23. The minimum atomic E-state index is 0.00287. The van der Waals surface area contributed by atoms with Gasteiger partial charge >= 0.3 is 0 Å². The summed E-state index contributed by atoms with van der Waals surface area (Å²) in [6.45, 7) is 8.32. The number of aromatic hydroxyl groups is 1. The Balaban J connectivity index is 3.08. The van der Waals surface area contributed by atoms with E-state index in [1.54, 1.807) is 12.1 Å². The van der Waals surface area contributed by atoms with Crippen LogP contribution in [-0.2, 0) is 0 Å². The Hall–Kier alpha value is -1.02. The lowest BCUT2D eigenvalue weighted by Gasteiger charge is -2.28. The first-order valence-corrected chi connectivity index (χ1v) is 4.87. The van der Waals surface area contributed by atoms with Crippen molar-refractivity contribution in [1.82, 2.24) is 0 Å². The van der Waals surface area contributed by atoms with Crippen LogP contribution in [0.3, 0.4) is 0 Å². The predicted octanol–water partition coefficient (Wildman–Crippen LogP) is 2.75. The molecular weight excluding hydrogens is 174 g/mol. The number of aryl methyl sites for hydroxylation is 1. The van der Waals surface area contributed by atoms with Crippen LogP contribution in [0.15, 0.2) is 18.2 Å². The SMILES string of the molecule is Cc1cc(O)ccc1[C@@H](N)C(C)(C)C. The lowest BCUT2D eigenvalue weighted by molar-refractivity contribution is 0.325. The Morgan fingerprint density at radius 3 is 2.29 bits per heavy atom. The maximum atomic E-state index is 9.28. The summed E-state index contributed by atoms with van der Waals surface area (Å²) in [5.41, 5.74) is 8.34. The van der Waals surface area contributed by atoms with Crippen molar-refractivity contribution in [3.8, 4) is 5.75 Å². The lowest BCUT2D eigenvalue weighted by Crippen LogP contribution is -2.26. The molecule has 0 bridgehead atoms. The Morgan fingerprint density at radius 1 is 1.29 bits per heavy atom. The van der Waals surface area contributed by atoms with E-state index in [4.69, 9.17) is 5.73 Å². The largest absolute Gasteiger partial charge is 0.508 e. The zero-order chi connectivity index (χ0) is 10.9. The fourth-order valence-corrected chi connectivity index (χ4v) is 1.48. The van der Waals surface area contributed by atoms with Gasteiger partial charge in [0.05, 0.1) is 0 Å². The van der Waals surface area contributed by atoms with Crippen LogP contribution in [0.1, 0.15) is 37.9 Å². The highest BCUT2D eigenvalue weighted by Crippen LogP contribution is 2.33. The second-order valence-electron chi connectivity index (χ2n) is 4.88. The number of benzene rings is 1. The molecule has 0 saturated heterocycles. The van der Waals surface area contributed by atoms with Crippen LogP contribution in [0.4, 0.5) is 0 Å². The fourth-order valence-electron chi connectivity index (χ4n) is 1.48. The van der Waals surface area contributed by atoms with Crippen LogP contribution in [0.25, 0.3) is 0 Å². The first-order chi connectivity index (χ1) is 6.32. The second-order valence-corrected chi connectivity index (χ2v) is 4.88. The minimum absolute atomic E-state index is 0.00287. The molecule has 0 fully saturated rings. The Kier molecular flexibility index (Phi) is 2.86. The van der Waals surface area contributed by atoms with Crippen molar-refractivity contribution >= 4 is 0 Å². The number of rotatable bonds is 1. The van der Waals surface area contributed by atoms with E-state index in [0.29, 0.717) is 5.75 Å². The van der Waals surface area contributed by atoms with Crippen molar-refractivity contribution in [2.24, 2.45) is 11.1 Å². The number of phenolic OH excluding ortho intramolecular Hbond substituents is 1. The van der Waals surface area contributed by atoms with Gasteiger partial charge in [-0.25, -0.2) is 0 Å². The Labute approximate surface area is 85.8 Å². The Bertz CT molecular complexity index is 326. The molecule has 0 radical (unpaired) electrons. The molecule has 1 aromatic rings. The Morgan fingerprint density at radius 2 is 1.86 bits per heavy atom. The number of phenols is 1. The minimum Gasteiger partial charge on any atom is -0.508 e. The quantitative estimate of drug-likeness (QED) is 0.720. The van der Waals surface area contributed by atoms with Gasteiger partial charge in [-0.1, -0.05) is 26.8 Å². The van der Waals surface area contributed by atoms with Gasteiger partial charge in [0, 0.05) is 6.04 Å². The van der Waals surface area contributed by atoms with Crippen molar-refractivity contribution in [3.05, 3.63) is 29.3 Å². The molecule has 0 saturated carbocycles. The van der Waals surface area contributed by atoms with Gasteiger partial charge in [-0.2, -0.15) is 0 Å². The zero-order valence-electron chi connectivity index (χ0n) is 9.33. The van der Waals surface area contributed by atoms with Gasteiger partial charge in [0.2, 0.25) is 0 Å². The molecule has 78 valence electrons. The first kappa shape index (κ1) is 11.1. The molecule has 0 aliphatic carbocycles. The lowest BCUT2D eigenvalue weighted by atomic mass is 9.81. The van der Waals surface area contributed by atoms with E-state index in [2.05, 4.69) is 20.8 Å². The molecule has 1 aromatic carbocycles. The molecule has 1 rings (SSSR count). The summed E-state index contributed by atoms with van der Waals surface area (Å²) >= 11 is 0. The normalized spacial score (nSPS) is 14.1. The molecule has 14 heavy (non-hydrogen) atoms. The van der Waals surface area contributed by atoms with Crippen LogP contribution in [0, 0.1) is 12.3 Å². The molecular formula is C12H19NO. The van der Waals surface area contributed by atoms with E-state index in [1.165, 1.54) is 0 Å². The molecule has 0 aliphatic rings. The molecule has 0 unspecified atom stereocenters. The van der Waals surface area contributed by atoms with Gasteiger partial charge in [-0.05, 0) is 35.6 Å². The van der Waals surface area contributed by atoms with E-state index >= 15 is 0 Å². The average Bonchev–Trinajstić information content (AvgIpc) is 2.01. The van der Waals surface area contributed by atoms with Crippen molar-refractivity contribution in [3.63, 3.8) is 0 Å². The maximum absolute atomic E-state index is 9.28. The summed E-state index contributed by atoms with van der Waals surface area (Å²) in [4.78, 5) is 0. The second kappa shape index (κ2) is 3.62. The molecule has 1 atom stereocenters. The van der Waals surface area contributed by atoms with Crippen LogP contribution in [0.5, 0.6) is 5.75 Å². The third kappa shape index (κ3) is 2.26. The molecule has 0 amide bonds. The van der Waals surface area contributed by atoms with E-state index < -0.39 is 0 Å². The number of nitrogens with two attached hydrogens (primary N) is 1. The summed E-state index contributed by atoms with van der Waals surface area (Å²) in [7, 11) is 0. The maximum Gasteiger partial charge on any atom is 0.115 e. The van der Waals surface area contributed by atoms with Crippen LogP contribution in [0.2, 0.25) is 0 Å². The van der Waals surface area contributed by atoms with Gasteiger partial charge in [0.15, 0.2) is 0 Å². The van der Waals surface area contributed by atoms with Gasteiger partial charge in [0.1, 0.15) is 5.75 Å². The average molecular weight is 193 g/mol. The third-order valence-electron chi connectivity index (χ3n) is 2.52. The summed E-state index contributed by atoms with van der Waals surface area (Å²) in [6.07, 6.45) is 0. The van der Waals surface area contributed by atoms with Gasteiger partial charge in [-0.3, -0.25) is 0 Å². The molecule has 2 nitrogen and oxygen atoms in total. The van der Waals surface area contributed by atoms with Crippen molar-refractivity contribution in [2.75, 3.05) is 0 Å². The number of hydrogen-bond acceptors (Lipinski definition) is 2. The summed E-state index contributed by atoms with van der Waals surface area (Å²) < 4.78 is 0. The molecule has 3 N–H and O–H groups in total. The smallest absolute Gasteiger partial charge is 0.115 e. The van der Waals surface area contributed by atoms with E-state index in [-0.39, 0.29) is 11.5 Å². The van der Waals surface area contributed by atoms with Crippen LogP contribution < -0.4 is 5.73 Å². The highest BCUT2D eigenvalue weighted by atomic mass is 16.3. The van der Waals surface area contributed by atoms with E-state index in [0.717, 1.165) is 11.1 Å². The van der Waals surface area contributed by atoms with E-state index in [1.807, 2.05) is 13.0 Å². The standard InChI is InChI=1S/C12H19NO/c1-8-7-9(14)5-6-10(8)11(13)12(2,3)4/h5-7,11,14H,13H2,1-4H3/t11-/m1/s1. The monoisotopic (exact) mass is 193 g/mol. The summed E-state index contributed by atoms with van der Waals surface area (Å²) in [5.74, 6) is 0.298. The molecule has 0 aromatic heterocycles. The van der Waals surface area contributed by atoms with Gasteiger partial charge in [-0.15, -0.1) is 0 Å². The third-order valence-corrected chi connectivity index (χ3v) is 2.52. The molecule has 0 spiro atoms. The zero-order valence-corrected chi connectivity index (χ0v) is 9.33. The highest BCUT2D eigenvalue weighted by molar-refractivity contribution is 5.36. The van der Waals surface area contributed by atoms with Gasteiger partial charge < -0.3 is 10.8 Å². The first-order valence-electron chi connectivity index (χ1n) is 4.87. The van der Waals surface area contributed by atoms with Crippen molar-refractivity contribution < 1.29 is 5.11 Å².